The maximum absolute atomic E-state index is 12.4. The molecule has 248 valence electrons. The van der Waals surface area contributed by atoms with Crippen molar-refractivity contribution >= 4 is 5.91 Å². The number of carbonyl (C=O) groups excluding carboxylic acids is 1. The van der Waals surface area contributed by atoms with E-state index in [0.717, 1.165) is 25.7 Å². The third kappa shape index (κ3) is 10.9. The number of hydrogen-bond donors (Lipinski definition) is 9. The molecule has 0 spiro atoms. The van der Waals surface area contributed by atoms with Gasteiger partial charge in [-0.3, -0.25) is 4.79 Å². The summed E-state index contributed by atoms with van der Waals surface area (Å²) in [6, 6.07) is 0. The van der Waals surface area contributed by atoms with Gasteiger partial charge in [-0.1, -0.05) is 77.6 Å². The van der Waals surface area contributed by atoms with Gasteiger partial charge in [0.05, 0.1) is 6.61 Å². The van der Waals surface area contributed by atoms with Crippen molar-refractivity contribution in [2.45, 2.75) is 145 Å². The van der Waals surface area contributed by atoms with Gasteiger partial charge in [0.2, 0.25) is 11.7 Å². The summed E-state index contributed by atoms with van der Waals surface area (Å²) in [7, 11) is 0. The second-order valence-corrected chi connectivity index (χ2v) is 11.2. The van der Waals surface area contributed by atoms with Crippen LogP contribution in [0.4, 0.5) is 0 Å². The van der Waals surface area contributed by atoms with Crippen LogP contribution in [0.25, 0.3) is 0 Å². The second kappa shape index (κ2) is 19.4. The molecule has 2 aliphatic rings. The summed E-state index contributed by atoms with van der Waals surface area (Å²) < 4.78 is 21.3. The summed E-state index contributed by atoms with van der Waals surface area (Å²) in [4.78, 5) is 12.4. The lowest BCUT2D eigenvalue weighted by Gasteiger charge is -2.49. The van der Waals surface area contributed by atoms with Crippen molar-refractivity contribution in [3.05, 3.63) is 0 Å². The molecule has 1 amide bonds. The van der Waals surface area contributed by atoms with E-state index in [-0.39, 0.29) is 0 Å². The summed E-state index contributed by atoms with van der Waals surface area (Å²) in [6.45, 7) is 0.135. The molecule has 2 saturated heterocycles. The van der Waals surface area contributed by atoms with E-state index in [2.05, 4.69) is 12.2 Å². The van der Waals surface area contributed by atoms with Crippen molar-refractivity contribution < 1.29 is 64.6 Å². The molecule has 10 atom stereocenters. The Balaban J connectivity index is 1.76. The van der Waals surface area contributed by atoms with Crippen molar-refractivity contribution in [1.82, 2.24) is 5.32 Å². The van der Waals surface area contributed by atoms with Crippen LogP contribution < -0.4 is 5.32 Å². The fourth-order valence-corrected chi connectivity index (χ4v) is 5.17. The summed E-state index contributed by atoms with van der Waals surface area (Å²) in [5, 5.41) is 83.5. The maximum atomic E-state index is 12.4. The lowest BCUT2D eigenvalue weighted by atomic mass is 9.95. The van der Waals surface area contributed by atoms with Crippen molar-refractivity contribution in [2.24, 2.45) is 0 Å². The number of unbranched alkanes of at least 4 members (excludes halogenated alkanes) is 11. The van der Waals surface area contributed by atoms with Crippen LogP contribution in [-0.4, -0.2) is 134 Å². The zero-order valence-corrected chi connectivity index (χ0v) is 24.6. The molecule has 2 aliphatic heterocycles. The second-order valence-electron chi connectivity index (χ2n) is 11.2. The van der Waals surface area contributed by atoms with E-state index >= 15 is 0 Å². The smallest absolute Gasteiger partial charge is 0.246 e. The van der Waals surface area contributed by atoms with Crippen molar-refractivity contribution in [3.63, 3.8) is 0 Å². The first-order valence-corrected chi connectivity index (χ1v) is 15.3. The Bertz CT molecular complexity index is 747. The summed E-state index contributed by atoms with van der Waals surface area (Å²) in [6.07, 6.45) is -1.96. The third-order valence-corrected chi connectivity index (χ3v) is 7.87. The Morgan fingerprint density at radius 3 is 1.90 bits per heavy atom. The minimum atomic E-state index is -2.40. The van der Waals surface area contributed by atoms with E-state index in [1.54, 1.807) is 0 Å². The maximum Gasteiger partial charge on any atom is 0.246 e. The van der Waals surface area contributed by atoms with Crippen molar-refractivity contribution in [2.75, 3.05) is 26.4 Å². The molecule has 0 aromatic carbocycles. The molecule has 0 unspecified atom stereocenters. The van der Waals surface area contributed by atoms with Crippen molar-refractivity contribution in [1.29, 1.82) is 0 Å². The Hall–Kier alpha value is -1.01. The number of amides is 1. The lowest BCUT2D eigenvalue weighted by molar-refractivity contribution is -0.423. The number of carbonyl (C=O) groups is 1. The molecule has 0 aromatic heterocycles. The Kier molecular flexibility index (Phi) is 17.2. The fraction of sp³-hybridized carbons (Fsp3) is 0.964. The van der Waals surface area contributed by atoms with Gasteiger partial charge in [-0.25, -0.2) is 0 Å². The third-order valence-electron chi connectivity index (χ3n) is 7.87. The van der Waals surface area contributed by atoms with Crippen LogP contribution in [0.1, 0.15) is 84.0 Å². The van der Waals surface area contributed by atoms with Crippen LogP contribution in [-0.2, 0) is 23.7 Å². The number of hydrogen-bond acceptors (Lipinski definition) is 13. The summed E-state index contributed by atoms with van der Waals surface area (Å²) in [5.41, 5.74) is 0. The average Bonchev–Trinajstić information content (AvgIpc) is 2.99. The highest BCUT2D eigenvalue weighted by Gasteiger charge is 2.57. The zero-order valence-electron chi connectivity index (χ0n) is 24.6. The molecule has 42 heavy (non-hydrogen) atoms. The largest absolute Gasteiger partial charge is 0.394 e. The SMILES string of the molecule is CCCCCCCCCCCCCCNC(=O)CO[C@]1(CO)O[C@H](O[C@H]2[C@H](O)[C@@H](O)[C@H](O)O[C@@H]2CO)[C@H](O)[C@H](O)[C@H]1O. The molecule has 0 aromatic rings. The average molecular weight is 612 g/mol. The van der Waals surface area contributed by atoms with Crippen LogP contribution in [0.2, 0.25) is 0 Å². The molecule has 2 rings (SSSR count). The van der Waals surface area contributed by atoms with E-state index in [4.69, 9.17) is 18.9 Å². The van der Waals surface area contributed by atoms with Crippen LogP contribution >= 0.6 is 0 Å². The molecule has 0 aliphatic carbocycles. The molecular formula is C28H53NO13. The molecule has 2 heterocycles. The Morgan fingerprint density at radius 2 is 1.36 bits per heavy atom. The van der Waals surface area contributed by atoms with Crippen LogP contribution in [0.5, 0.6) is 0 Å². The van der Waals surface area contributed by atoms with Crippen molar-refractivity contribution in [3.8, 4) is 0 Å². The summed E-state index contributed by atoms with van der Waals surface area (Å²) in [5.74, 6) is -2.96. The molecule has 0 bridgehead atoms. The molecule has 0 radical (unpaired) electrons. The van der Waals surface area contributed by atoms with Gasteiger partial charge in [0.15, 0.2) is 12.6 Å². The normalized spacial score (nSPS) is 35.3. The van der Waals surface area contributed by atoms with Gasteiger partial charge in [-0.15, -0.1) is 0 Å². The first-order chi connectivity index (χ1) is 20.1. The molecule has 14 nitrogen and oxygen atoms in total. The number of ether oxygens (including phenoxy) is 4. The van der Waals surface area contributed by atoms with Gasteiger partial charge in [-0.05, 0) is 6.42 Å². The van der Waals surface area contributed by atoms with Crippen LogP contribution in [0, 0.1) is 0 Å². The van der Waals surface area contributed by atoms with Crippen LogP contribution in [0.15, 0.2) is 0 Å². The minimum Gasteiger partial charge on any atom is -0.394 e. The Labute approximate surface area is 247 Å². The van der Waals surface area contributed by atoms with E-state index in [1.807, 2.05) is 0 Å². The summed E-state index contributed by atoms with van der Waals surface area (Å²) >= 11 is 0. The quantitative estimate of drug-likeness (QED) is 0.0735. The van der Waals surface area contributed by atoms with Gasteiger partial charge < -0.3 is 65.1 Å². The lowest BCUT2D eigenvalue weighted by Crippen LogP contribution is -2.69. The first kappa shape index (κ1) is 37.2. The molecule has 2 fully saturated rings. The predicted molar refractivity (Wildman–Crippen MR) is 148 cm³/mol. The molecular weight excluding hydrogens is 558 g/mol. The van der Waals surface area contributed by atoms with Gasteiger partial charge in [0.25, 0.3) is 0 Å². The van der Waals surface area contributed by atoms with Gasteiger partial charge in [0, 0.05) is 6.54 Å². The highest BCUT2D eigenvalue weighted by atomic mass is 16.8. The molecule has 9 N–H and O–H groups in total. The Morgan fingerprint density at radius 1 is 0.786 bits per heavy atom. The van der Waals surface area contributed by atoms with Gasteiger partial charge in [0.1, 0.15) is 55.9 Å². The first-order valence-electron chi connectivity index (χ1n) is 15.3. The number of nitrogens with one attached hydrogen (secondary N) is 1. The highest BCUT2D eigenvalue weighted by Crippen LogP contribution is 2.34. The zero-order chi connectivity index (χ0) is 31.1. The number of rotatable bonds is 20. The monoisotopic (exact) mass is 611 g/mol. The predicted octanol–water partition coefficient (Wildman–Crippen LogP) is -1.24. The topological polar surface area (TPSA) is 228 Å². The van der Waals surface area contributed by atoms with Crippen LogP contribution in [0.3, 0.4) is 0 Å². The molecule has 0 saturated carbocycles. The minimum absolute atomic E-state index is 0.401. The standard InChI is InChI=1S/C28H53NO13/c1-2-3-4-5-6-7-8-9-10-11-12-13-14-29-19(32)16-39-28(17-31)25(37)21(34)23(36)27(42-28)41-24-18(15-30)40-26(38)22(35)20(24)33/h18,20-27,30-31,33-38H,2-17H2,1H3,(H,29,32)/t18-,20-,21+,22-,23-,24-,25-,26-,27+,28-/m1/s1. The number of aliphatic hydroxyl groups is 8. The fourth-order valence-electron chi connectivity index (χ4n) is 5.17. The van der Waals surface area contributed by atoms with E-state index in [0.29, 0.717) is 6.54 Å². The van der Waals surface area contributed by atoms with E-state index < -0.39 is 86.8 Å². The number of aliphatic hydroxyl groups excluding tert-OH is 8. The highest BCUT2D eigenvalue weighted by molar-refractivity contribution is 5.77. The van der Waals surface area contributed by atoms with Gasteiger partial charge >= 0.3 is 0 Å². The van der Waals surface area contributed by atoms with E-state index in [1.165, 1.54) is 51.4 Å². The molecule has 14 heteroatoms. The van der Waals surface area contributed by atoms with Gasteiger partial charge in [-0.2, -0.15) is 0 Å². The van der Waals surface area contributed by atoms with E-state index in [9.17, 15) is 45.6 Å².